The van der Waals surface area contributed by atoms with E-state index in [1.165, 1.54) is 5.56 Å². The van der Waals surface area contributed by atoms with E-state index < -0.39 is 0 Å². The van der Waals surface area contributed by atoms with Gasteiger partial charge in [-0.05, 0) is 36.8 Å². The van der Waals surface area contributed by atoms with Crippen molar-refractivity contribution >= 4 is 0 Å². The first-order chi connectivity index (χ1) is 10.8. The molecule has 1 N–H and O–H groups in total. The van der Waals surface area contributed by atoms with E-state index in [4.69, 9.17) is 0 Å². The molecule has 0 bridgehead atoms. The Bertz CT molecular complexity index is 644. The fourth-order valence-electron chi connectivity index (χ4n) is 2.51. The molecule has 0 aliphatic rings. The number of benzene rings is 1. The molecule has 3 rings (SSSR count). The minimum absolute atomic E-state index is 0.0411. The van der Waals surface area contributed by atoms with Crippen molar-refractivity contribution in [3.8, 4) is 0 Å². The number of pyridine rings is 2. The molecule has 0 spiro atoms. The van der Waals surface area contributed by atoms with Crippen molar-refractivity contribution in [1.29, 1.82) is 0 Å². The summed E-state index contributed by atoms with van der Waals surface area (Å²) in [7, 11) is 0. The minimum Gasteiger partial charge on any atom is -0.297 e. The van der Waals surface area contributed by atoms with Crippen LogP contribution in [0, 0.1) is 0 Å². The van der Waals surface area contributed by atoms with Gasteiger partial charge < -0.3 is 0 Å². The van der Waals surface area contributed by atoms with Crippen LogP contribution in [0.3, 0.4) is 0 Å². The van der Waals surface area contributed by atoms with E-state index in [1.807, 2.05) is 48.8 Å². The van der Waals surface area contributed by atoms with E-state index in [0.717, 1.165) is 11.4 Å². The number of aromatic nitrogens is 2. The van der Waals surface area contributed by atoms with E-state index >= 15 is 0 Å². The average Bonchev–Trinajstić information content (AvgIpc) is 2.62. The lowest BCUT2D eigenvalue weighted by Crippen LogP contribution is -2.26. The molecule has 0 radical (unpaired) electrons. The molecule has 3 heteroatoms. The summed E-state index contributed by atoms with van der Waals surface area (Å²) >= 11 is 0. The molecule has 0 aliphatic heterocycles. The first-order valence-electron chi connectivity index (χ1n) is 7.47. The Labute approximate surface area is 131 Å². The van der Waals surface area contributed by atoms with Crippen molar-refractivity contribution in [3.05, 3.63) is 96.1 Å². The van der Waals surface area contributed by atoms with Crippen molar-refractivity contribution in [2.24, 2.45) is 0 Å². The third-order valence-corrected chi connectivity index (χ3v) is 3.66. The Morgan fingerprint density at radius 3 is 1.91 bits per heavy atom. The summed E-state index contributed by atoms with van der Waals surface area (Å²) in [5, 5.41) is 3.64. The van der Waals surface area contributed by atoms with Gasteiger partial charge in [-0.2, -0.15) is 0 Å². The van der Waals surface area contributed by atoms with Crippen LogP contribution in [0.4, 0.5) is 0 Å². The normalized spacial score (nSPS) is 13.5. The SMILES string of the molecule is C[C@@H](N[C@H](c1ccccc1)c1ccccn1)c1ccccn1. The van der Waals surface area contributed by atoms with Gasteiger partial charge in [-0.25, -0.2) is 0 Å². The maximum Gasteiger partial charge on any atom is 0.0756 e. The fraction of sp³-hybridized carbons (Fsp3) is 0.158. The van der Waals surface area contributed by atoms with Crippen LogP contribution in [-0.2, 0) is 0 Å². The molecule has 0 fully saturated rings. The summed E-state index contributed by atoms with van der Waals surface area (Å²) in [6.07, 6.45) is 3.66. The molecule has 2 heterocycles. The molecular formula is C19H19N3. The average molecular weight is 289 g/mol. The molecule has 2 aromatic heterocycles. The molecule has 2 atom stereocenters. The van der Waals surface area contributed by atoms with Crippen molar-refractivity contribution < 1.29 is 0 Å². The van der Waals surface area contributed by atoms with Gasteiger partial charge in [-0.3, -0.25) is 15.3 Å². The van der Waals surface area contributed by atoms with Gasteiger partial charge in [0.15, 0.2) is 0 Å². The van der Waals surface area contributed by atoms with Crippen LogP contribution in [0.2, 0.25) is 0 Å². The van der Waals surface area contributed by atoms with Gasteiger partial charge in [0.2, 0.25) is 0 Å². The molecule has 1 aromatic carbocycles. The van der Waals surface area contributed by atoms with Crippen LogP contribution < -0.4 is 5.32 Å². The molecule has 0 unspecified atom stereocenters. The quantitative estimate of drug-likeness (QED) is 0.773. The molecule has 3 nitrogen and oxygen atoms in total. The number of hydrogen-bond acceptors (Lipinski definition) is 3. The lowest BCUT2D eigenvalue weighted by atomic mass is 10.0. The van der Waals surface area contributed by atoms with E-state index in [0.29, 0.717) is 0 Å². The van der Waals surface area contributed by atoms with Gasteiger partial charge in [0.05, 0.1) is 17.4 Å². The number of nitrogens with zero attached hydrogens (tertiary/aromatic N) is 2. The van der Waals surface area contributed by atoms with Gasteiger partial charge in [-0.15, -0.1) is 0 Å². The lowest BCUT2D eigenvalue weighted by molar-refractivity contribution is 0.499. The first kappa shape index (κ1) is 14.4. The molecule has 0 saturated carbocycles. The summed E-state index contributed by atoms with van der Waals surface area (Å²) in [5.74, 6) is 0. The highest BCUT2D eigenvalue weighted by atomic mass is 15.0. The van der Waals surface area contributed by atoms with E-state index in [9.17, 15) is 0 Å². The fourth-order valence-corrected chi connectivity index (χ4v) is 2.51. The predicted molar refractivity (Wildman–Crippen MR) is 88.3 cm³/mol. The number of rotatable bonds is 5. The Morgan fingerprint density at radius 2 is 1.32 bits per heavy atom. The third-order valence-electron chi connectivity index (χ3n) is 3.66. The lowest BCUT2D eigenvalue weighted by Gasteiger charge is -2.23. The Kier molecular flexibility index (Phi) is 4.56. The minimum atomic E-state index is 0.0411. The Morgan fingerprint density at radius 1 is 0.727 bits per heavy atom. The summed E-state index contributed by atoms with van der Waals surface area (Å²) in [5.41, 5.74) is 3.24. The van der Waals surface area contributed by atoms with Crippen LogP contribution in [0.5, 0.6) is 0 Å². The zero-order valence-corrected chi connectivity index (χ0v) is 12.6. The third kappa shape index (κ3) is 3.38. The predicted octanol–water partition coefficient (Wildman–Crippen LogP) is 3.92. The van der Waals surface area contributed by atoms with Gasteiger partial charge in [0.1, 0.15) is 0 Å². The number of hydrogen-bond donors (Lipinski definition) is 1. The van der Waals surface area contributed by atoms with Crippen molar-refractivity contribution in [3.63, 3.8) is 0 Å². The second kappa shape index (κ2) is 6.96. The molecular weight excluding hydrogens is 270 g/mol. The maximum atomic E-state index is 4.52. The van der Waals surface area contributed by atoms with Gasteiger partial charge >= 0.3 is 0 Å². The van der Waals surface area contributed by atoms with Crippen LogP contribution in [-0.4, -0.2) is 9.97 Å². The summed E-state index contributed by atoms with van der Waals surface area (Å²) in [6.45, 7) is 2.13. The zero-order chi connectivity index (χ0) is 15.2. The van der Waals surface area contributed by atoms with Gasteiger partial charge in [0.25, 0.3) is 0 Å². The highest BCUT2D eigenvalue weighted by molar-refractivity contribution is 5.28. The summed E-state index contributed by atoms with van der Waals surface area (Å²) in [6, 6.07) is 22.6. The van der Waals surface area contributed by atoms with Crippen LogP contribution in [0.1, 0.15) is 36.0 Å². The van der Waals surface area contributed by atoms with Crippen LogP contribution in [0.25, 0.3) is 0 Å². The molecule has 0 aliphatic carbocycles. The smallest absolute Gasteiger partial charge is 0.0756 e. The monoisotopic (exact) mass is 289 g/mol. The van der Waals surface area contributed by atoms with E-state index in [-0.39, 0.29) is 12.1 Å². The summed E-state index contributed by atoms with van der Waals surface area (Å²) in [4.78, 5) is 8.96. The van der Waals surface area contributed by atoms with Crippen molar-refractivity contribution in [2.75, 3.05) is 0 Å². The Hall–Kier alpha value is -2.52. The molecule has 3 aromatic rings. The van der Waals surface area contributed by atoms with Gasteiger partial charge in [-0.1, -0.05) is 42.5 Å². The molecule has 22 heavy (non-hydrogen) atoms. The highest BCUT2D eigenvalue weighted by Crippen LogP contribution is 2.23. The second-order valence-electron chi connectivity index (χ2n) is 5.24. The number of nitrogens with one attached hydrogen (secondary N) is 1. The van der Waals surface area contributed by atoms with Gasteiger partial charge in [0, 0.05) is 18.4 Å². The topological polar surface area (TPSA) is 37.8 Å². The maximum absolute atomic E-state index is 4.52. The first-order valence-corrected chi connectivity index (χ1v) is 7.47. The highest BCUT2D eigenvalue weighted by Gasteiger charge is 2.18. The Balaban J connectivity index is 1.90. The largest absolute Gasteiger partial charge is 0.297 e. The van der Waals surface area contributed by atoms with Crippen LogP contribution in [0.15, 0.2) is 79.1 Å². The molecule has 0 saturated heterocycles. The standard InChI is InChI=1S/C19H19N3/c1-15(17-11-5-7-13-20-17)22-19(16-9-3-2-4-10-16)18-12-6-8-14-21-18/h2-15,19,22H,1H3/t15-,19-/m1/s1. The van der Waals surface area contributed by atoms with E-state index in [1.54, 1.807) is 0 Å². The van der Waals surface area contributed by atoms with Crippen molar-refractivity contribution in [1.82, 2.24) is 15.3 Å². The second-order valence-corrected chi connectivity index (χ2v) is 5.24. The van der Waals surface area contributed by atoms with E-state index in [2.05, 4.69) is 52.5 Å². The van der Waals surface area contributed by atoms with Crippen molar-refractivity contribution in [2.45, 2.75) is 19.0 Å². The zero-order valence-electron chi connectivity index (χ0n) is 12.6. The van der Waals surface area contributed by atoms with Crippen LogP contribution >= 0.6 is 0 Å². The molecule has 110 valence electrons. The summed E-state index contributed by atoms with van der Waals surface area (Å²) < 4.78 is 0. The molecule has 0 amide bonds.